The summed E-state index contributed by atoms with van der Waals surface area (Å²) >= 11 is 0. The fourth-order valence-electron chi connectivity index (χ4n) is 4.64. The molecule has 38 heavy (non-hydrogen) atoms. The minimum Gasteiger partial charge on any atom is -0.384 e. The summed E-state index contributed by atoms with van der Waals surface area (Å²) in [6.07, 6.45) is 0. The third-order valence-corrected chi connectivity index (χ3v) is 6.55. The van der Waals surface area contributed by atoms with Crippen LogP contribution in [0.15, 0.2) is 60.7 Å². The Balaban J connectivity index is 1.41. The highest BCUT2D eigenvalue weighted by Gasteiger charge is 2.23. The molecule has 5 rings (SSSR count). The van der Waals surface area contributed by atoms with Gasteiger partial charge in [-0.25, -0.2) is 9.97 Å². The number of rotatable bonds is 8. The van der Waals surface area contributed by atoms with Crippen LogP contribution >= 0.6 is 0 Å². The van der Waals surface area contributed by atoms with Crippen molar-refractivity contribution >= 4 is 45.4 Å². The molecule has 0 unspecified atom stereocenters. The number of hydrogen-bond donors (Lipinski definition) is 5. The third-order valence-electron chi connectivity index (χ3n) is 6.55. The van der Waals surface area contributed by atoms with E-state index < -0.39 is 6.04 Å². The molecule has 3 heterocycles. The molecule has 10 nitrogen and oxygen atoms in total. The number of aromatic nitrogens is 4. The Morgan fingerprint density at radius 3 is 2.58 bits per heavy atom. The van der Waals surface area contributed by atoms with Crippen molar-refractivity contribution in [1.82, 2.24) is 30.6 Å². The number of hydrogen-bond acceptors (Lipinski definition) is 6. The van der Waals surface area contributed by atoms with Crippen LogP contribution in [-0.4, -0.2) is 57.9 Å². The molecule has 0 saturated carbocycles. The lowest BCUT2D eigenvalue weighted by molar-refractivity contribution is -0.122. The Labute approximate surface area is 219 Å². The van der Waals surface area contributed by atoms with Crippen LogP contribution < -0.4 is 21.3 Å². The van der Waals surface area contributed by atoms with Gasteiger partial charge in [-0.05, 0) is 56.3 Å². The first-order chi connectivity index (χ1) is 18.4. The number of nitrogens with one attached hydrogen (secondary N) is 4. The number of benzene rings is 2. The van der Waals surface area contributed by atoms with Gasteiger partial charge in [-0.2, -0.15) is 0 Å². The number of amides is 2. The molecule has 0 spiro atoms. The summed E-state index contributed by atoms with van der Waals surface area (Å²) in [6, 6.07) is 18.2. The van der Waals surface area contributed by atoms with Crippen molar-refractivity contribution < 1.29 is 9.59 Å². The van der Waals surface area contributed by atoms with Crippen molar-refractivity contribution in [3.8, 4) is 11.3 Å². The zero-order valence-electron chi connectivity index (χ0n) is 21.5. The molecular formula is C28H30N8O2. The lowest BCUT2D eigenvalue weighted by Gasteiger charge is -2.28. The lowest BCUT2D eigenvalue weighted by atomic mass is 10.1. The molecule has 0 aliphatic carbocycles. The second-order valence-corrected chi connectivity index (χ2v) is 9.12. The number of nitrogens with zero attached hydrogens (tertiary/aromatic N) is 3. The van der Waals surface area contributed by atoms with Crippen molar-refractivity contribution in [3.63, 3.8) is 0 Å². The van der Waals surface area contributed by atoms with Gasteiger partial charge < -0.3 is 31.2 Å². The first-order valence-electron chi connectivity index (χ1n) is 12.4. The van der Waals surface area contributed by atoms with Crippen molar-refractivity contribution in [1.29, 1.82) is 0 Å². The second kappa shape index (κ2) is 10.3. The van der Waals surface area contributed by atoms with Crippen LogP contribution in [0.1, 0.15) is 23.1 Å². The molecule has 2 amide bonds. The number of para-hydroxylation sites is 1. The van der Waals surface area contributed by atoms with E-state index in [2.05, 4.69) is 35.5 Å². The monoisotopic (exact) mass is 510 g/mol. The predicted molar refractivity (Wildman–Crippen MR) is 150 cm³/mol. The molecule has 0 radical (unpaired) electrons. The maximum absolute atomic E-state index is 13.3. The van der Waals surface area contributed by atoms with Crippen molar-refractivity contribution in [2.24, 2.45) is 0 Å². The zero-order valence-corrected chi connectivity index (χ0v) is 21.5. The molecule has 0 fully saturated rings. The van der Waals surface area contributed by atoms with Gasteiger partial charge in [0.2, 0.25) is 5.91 Å². The molecule has 2 aromatic carbocycles. The van der Waals surface area contributed by atoms with E-state index in [0.717, 1.165) is 39.2 Å². The zero-order chi connectivity index (χ0) is 26.8. The van der Waals surface area contributed by atoms with E-state index in [1.54, 1.807) is 25.2 Å². The van der Waals surface area contributed by atoms with E-state index >= 15 is 0 Å². The Morgan fingerprint density at radius 1 is 1.05 bits per heavy atom. The fourth-order valence-corrected chi connectivity index (χ4v) is 4.64. The summed E-state index contributed by atoms with van der Waals surface area (Å²) in [5, 5.41) is 6.43. The molecule has 3 aromatic heterocycles. The van der Waals surface area contributed by atoms with Crippen LogP contribution in [0.3, 0.4) is 0 Å². The van der Waals surface area contributed by atoms with Crippen LogP contribution in [0, 0.1) is 6.92 Å². The minimum atomic E-state index is -0.734. The Bertz CT molecular complexity index is 1620. The molecule has 10 heteroatoms. The first kappa shape index (κ1) is 24.8. The number of aryl methyl sites for hydroxylation is 1. The third kappa shape index (κ3) is 4.88. The number of imidazole rings is 1. The minimum absolute atomic E-state index is 0.258. The van der Waals surface area contributed by atoms with E-state index in [4.69, 9.17) is 5.73 Å². The van der Waals surface area contributed by atoms with Gasteiger partial charge in [0.15, 0.2) is 5.65 Å². The maximum Gasteiger partial charge on any atom is 0.252 e. The predicted octanol–water partition coefficient (Wildman–Crippen LogP) is 3.37. The number of anilines is 2. The van der Waals surface area contributed by atoms with Gasteiger partial charge in [0.1, 0.15) is 17.7 Å². The lowest BCUT2D eigenvalue weighted by Crippen LogP contribution is -2.52. The Kier molecular flexibility index (Phi) is 6.69. The van der Waals surface area contributed by atoms with E-state index in [1.807, 2.05) is 56.3 Å². The fraction of sp³-hybridized carbons (Fsp3) is 0.214. The number of H-pyrrole nitrogens is 2. The Hall–Kier alpha value is -4.86. The largest absolute Gasteiger partial charge is 0.384 e. The van der Waals surface area contributed by atoms with E-state index in [1.165, 1.54) is 0 Å². The van der Waals surface area contributed by atoms with Gasteiger partial charge in [-0.15, -0.1) is 0 Å². The number of likely N-dealkylation sites (N-methyl/N-ethyl adjacent to an activating group) is 2. The average Bonchev–Trinajstić information content (AvgIpc) is 3.52. The van der Waals surface area contributed by atoms with Gasteiger partial charge in [0.25, 0.3) is 5.91 Å². The molecule has 6 N–H and O–H groups in total. The number of nitrogens with two attached hydrogens (primary N) is 1. The summed E-state index contributed by atoms with van der Waals surface area (Å²) in [7, 11) is 1.57. The number of fused-ring (bicyclic) bond motifs is 2. The standard InChI is InChI=1S/C28H30N8O2/c1-4-36(19-8-6-5-7-9-19)15-23(28(38)30-3)34-27(37)17-10-11-21-18(12-17)13-22(33-21)20-14-24(29)35-26-25(20)31-16(2)32-26/h5-14,23,33H,4,15H2,1-3H3,(H,30,38)(H,34,37)(H3,29,31,32,35)/t23-/m0/s1. The van der Waals surface area contributed by atoms with Crippen LogP contribution in [0.2, 0.25) is 0 Å². The molecular weight excluding hydrogens is 480 g/mol. The van der Waals surface area contributed by atoms with E-state index in [9.17, 15) is 9.59 Å². The molecule has 0 saturated heterocycles. The van der Waals surface area contributed by atoms with Gasteiger partial charge in [-0.1, -0.05) is 18.2 Å². The van der Waals surface area contributed by atoms with Crippen molar-refractivity contribution in [3.05, 3.63) is 72.1 Å². The summed E-state index contributed by atoms with van der Waals surface area (Å²) in [4.78, 5) is 43.3. The number of carbonyl (C=O) groups is 2. The molecule has 0 bridgehead atoms. The highest BCUT2D eigenvalue weighted by atomic mass is 16.2. The summed E-state index contributed by atoms with van der Waals surface area (Å²) in [6.45, 7) is 4.91. The Morgan fingerprint density at radius 2 is 1.84 bits per heavy atom. The quantitative estimate of drug-likeness (QED) is 0.216. The molecule has 5 aromatic rings. The van der Waals surface area contributed by atoms with Crippen LogP contribution in [0.25, 0.3) is 33.3 Å². The highest BCUT2D eigenvalue weighted by Crippen LogP contribution is 2.30. The van der Waals surface area contributed by atoms with E-state index in [-0.39, 0.29) is 11.8 Å². The van der Waals surface area contributed by atoms with Crippen molar-refractivity contribution in [2.75, 3.05) is 30.8 Å². The van der Waals surface area contributed by atoms with Gasteiger partial charge in [-0.3, -0.25) is 9.59 Å². The number of pyridine rings is 1. The SMILES string of the molecule is CCN(C[C@H](NC(=O)c1ccc2[nH]c(-c3cc(N)nc4nc(C)[nH]c34)cc2c1)C(=O)NC)c1ccccc1. The topological polar surface area (TPSA) is 145 Å². The van der Waals surface area contributed by atoms with Crippen LogP contribution in [-0.2, 0) is 4.79 Å². The van der Waals surface area contributed by atoms with Crippen molar-refractivity contribution in [2.45, 2.75) is 19.9 Å². The van der Waals surface area contributed by atoms with Gasteiger partial charge in [0, 0.05) is 53.5 Å². The molecule has 1 atom stereocenters. The van der Waals surface area contributed by atoms with Gasteiger partial charge >= 0.3 is 0 Å². The van der Waals surface area contributed by atoms with Gasteiger partial charge in [0.05, 0.1) is 5.52 Å². The normalized spacial score (nSPS) is 12.0. The van der Waals surface area contributed by atoms with Crippen LogP contribution in [0.4, 0.5) is 11.5 Å². The average molecular weight is 511 g/mol. The number of nitrogen functional groups attached to an aromatic ring is 1. The second-order valence-electron chi connectivity index (χ2n) is 9.12. The smallest absolute Gasteiger partial charge is 0.252 e. The summed E-state index contributed by atoms with van der Waals surface area (Å²) < 4.78 is 0. The molecule has 194 valence electrons. The summed E-state index contributed by atoms with van der Waals surface area (Å²) in [5.41, 5.74) is 11.3. The summed E-state index contributed by atoms with van der Waals surface area (Å²) in [5.74, 6) is 0.530. The van der Waals surface area contributed by atoms with E-state index in [0.29, 0.717) is 30.1 Å². The van der Waals surface area contributed by atoms with Crippen LogP contribution in [0.5, 0.6) is 0 Å². The number of aromatic amines is 2. The highest BCUT2D eigenvalue weighted by molar-refractivity contribution is 6.02. The number of carbonyl (C=O) groups excluding carboxylic acids is 2. The first-order valence-corrected chi connectivity index (χ1v) is 12.4. The molecule has 0 aliphatic heterocycles. The molecule has 0 aliphatic rings. The maximum atomic E-state index is 13.3.